The fraction of sp³-hybridized carbons (Fsp3) is 0.318. The summed E-state index contributed by atoms with van der Waals surface area (Å²) in [5.41, 5.74) is 2.27. The van der Waals surface area contributed by atoms with E-state index in [2.05, 4.69) is 40.5 Å². The number of rotatable bonds is 2. The quantitative estimate of drug-likeness (QED) is 0.708. The van der Waals surface area contributed by atoms with Crippen molar-refractivity contribution >= 4 is 17.2 Å². The molecule has 1 saturated heterocycles. The summed E-state index contributed by atoms with van der Waals surface area (Å²) in [6.45, 7) is 1.93. The van der Waals surface area contributed by atoms with Gasteiger partial charge in [-0.1, -0.05) is 30.3 Å². The summed E-state index contributed by atoms with van der Waals surface area (Å²) in [6.07, 6.45) is 2.47. The third-order valence-corrected chi connectivity index (χ3v) is 7.20. The van der Waals surface area contributed by atoms with E-state index >= 15 is 0 Å². The molecule has 7 heteroatoms. The fourth-order valence-corrected chi connectivity index (χ4v) is 5.65. The van der Waals surface area contributed by atoms with Gasteiger partial charge in [0.2, 0.25) is 0 Å². The zero-order valence-corrected chi connectivity index (χ0v) is 16.7. The van der Waals surface area contributed by atoms with Crippen LogP contribution in [-0.2, 0) is 16.8 Å². The molecule has 0 saturated carbocycles. The van der Waals surface area contributed by atoms with Crippen LogP contribution in [0.25, 0.3) is 10.4 Å². The molecule has 1 N–H and O–H groups in total. The SMILES string of the molecule is O=C(c1ccc(=O)[nH]n1)N1CCC2(CC1)OCCc1cc(-c3ccccc3)sc12. The Labute approximate surface area is 172 Å². The van der Waals surface area contributed by atoms with Crippen LogP contribution in [0, 0.1) is 0 Å². The van der Waals surface area contributed by atoms with Crippen molar-refractivity contribution in [2.75, 3.05) is 19.7 Å². The Morgan fingerprint density at radius 1 is 1.14 bits per heavy atom. The number of benzene rings is 1. The van der Waals surface area contributed by atoms with Gasteiger partial charge in [0.05, 0.1) is 6.61 Å². The van der Waals surface area contributed by atoms with Gasteiger partial charge >= 0.3 is 0 Å². The van der Waals surface area contributed by atoms with Gasteiger partial charge in [0, 0.05) is 28.9 Å². The van der Waals surface area contributed by atoms with Crippen LogP contribution in [0.5, 0.6) is 0 Å². The van der Waals surface area contributed by atoms with Gasteiger partial charge in [-0.25, -0.2) is 5.10 Å². The number of piperidine rings is 1. The number of H-pyrrole nitrogens is 1. The Morgan fingerprint density at radius 3 is 2.66 bits per heavy atom. The Morgan fingerprint density at radius 2 is 1.93 bits per heavy atom. The first-order valence-electron chi connectivity index (χ1n) is 9.82. The molecule has 0 unspecified atom stereocenters. The molecule has 5 rings (SSSR count). The maximum absolute atomic E-state index is 12.7. The van der Waals surface area contributed by atoms with E-state index in [1.165, 1.54) is 33.0 Å². The van der Waals surface area contributed by atoms with Crippen LogP contribution in [0.2, 0.25) is 0 Å². The van der Waals surface area contributed by atoms with E-state index in [0.29, 0.717) is 19.7 Å². The number of likely N-dealkylation sites (tertiary alicyclic amines) is 1. The van der Waals surface area contributed by atoms with E-state index < -0.39 is 0 Å². The summed E-state index contributed by atoms with van der Waals surface area (Å²) in [5, 5.41) is 6.20. The number of fused-ring (bicyclic) bond motifs is 2. The average Bonchev–Trinajstić information content (AvgIpc) is 3.21. The van der Waals surface area contributed by atoms with Crippen LogP contribution in [0.1, 0.15) is 33.8 Å². The van der Waals surface area contributed by atoms with Gasteiger partial charge in [0.25, 0.3) is 11.5 Å². The monoisotopic (exact) mass is 407 g/mol. The maximum Gasteiger partial charge on any atom is 0.274 e. The lowest BCUT2D eigenvalue weighted by molar-refractivity contribution is -0.0906. The Bertz CT molecular complexity index is 1080. The van der Waals surface area contributed by atoms with Gasteiger partial charge in [0.15, 0.2) is 0 Å². The van der Waals surface area contributed by atoms with Crippen LogP contribution in [0.3, 0.4) is 0 Å². The second kappa shape index (κ2) is 7.24. The normalized spacial score (nSPS) is 17.9. The average molecular weight is 407 g/mol. The zero-order valence-electron chi connectivity index (χ0n) is 15.9. The second-order valence-electron chi connectivity index (χ2n) is 7.52. The van der Waals surface area contributed by atoms with Crippen molar-refractivity contribution in [3.05, 3.63) is 75.0 Å². The van der Waals surface area contributed by atoms with Crippen molar-refractivity contribution in [3.8, 4) is 10.4 Å². The molecule has 2 aromatic heterocycles. The van der Waals surface area contributed by atoms with E-state index in [1.54, 1.807) is 4.90 Å². The highest BCUT2D eigenvalue weighted by molar-refractivity contribution is 7.15. The largest absolute Gasteiger partial charge is 0.369 e. The third kappa shape index (κ3) is 3.30. The summed E-state index contributed by atoms with van der Waals surface area (Å²) in [7, 11) is 0. The molecular formula is C22H21N3O3S. The number of ether oxygens (including phenoxy) is 1. The molecule has 6 nitrogen and oxygen atoms in total. The van der Waals surface area contributed by atoms with E-state index in [4.69, 9.17) is 4.74 Å². The predicted molar refractivity (Wildman–Crippen MR) is 111 cm³/mol. The summed E-state index contributed by atoms with van der Waals surface area (Å²) in [5.74, 6) is -0.150. The Kier molecular flexibility index (Phi) is 4.56. The number of carbonyl (C=O) groups is 1. The lowest BCUT2D eigenvalue weighted by Crippen LogP contribution is -2.48. The molecule has 0 atom stereocenters. The molecule has 0 bridgehead atoms. The van der Waals surface area contributed by atoms with E-state index in [9.17, 15) is 9.59 Å². The highest BCUT2D eigenvalue weighted by Crippen LogP contribution is 2.47. The van der Waals surface area contributed by atoms with E-state index in [0.717, 1.165) is 19.3 Å². The fourth-order valence-electron chi connectivity index (χ4n) is 4.23. The maximum atomic E-state index is 12.7. The smallest absolute Gasteiger partial charge is 0.274 e. The van der Waals surface area contributed by atoms with Gasteiger partial charge < -0.3 is 9.64 Å². The number of hydrogen-bond donors (Lipinski definition) is 1. The summed E-state index contributed by atoms with van der Waals surface area (Å²) in [6, 6.07) is 15.6. The summed E-state index contributed by atoms with van der Waals surface area (Å²) >= 11 is 1.82. The number of carbonyl (C=O) groups excluding carboxylic acids is 1. The third-order valence-electron chi connectivity index (χ3n) is 5.79. The lowest BCUT2D eigenvalue weighted by Gasteiger charge is -2.43. The topological polar surface area (TPSA) is 75.3 Å². The Balaban J connectivity index is 1.37. The minimum Gasteiger partial charge on any atom is -0.369 e. The van der Waals surface area contributed by atoms with Crippen molar-refractivity contribution in [3.63, 3.8) is 0 Å². The number of amides is 1. The minimum absolute atomic E-state index is 0.150. The minimum atomic E-state index is -0.311. The standard InChI is InChI=1S/C22H21N3O3S/c26-19-7-6-17(23-24-19)21(27)25-11-9-22(10-12-25)20-16(8-13-28-22)14-18(29-20)15-4-2-1-3-5-15/h1-7,14H,8-13H2,(H,24,26). The number of aromatic amines is 1. The molecule has 2 aliphatic heterocycles. The first kappa shape index (κ1) is 18.3. The summed E-state index contributed by atoms with van der Waals surface area (Å²) in [4.78, 5) is 28.3. The van der Waals surface area contributed by atoms with Crippen LogP contribution < -0.4 is 5.56 Å². The van der Waals surface area contributed by atoms with Crippen LogP contribution in [-0.4, -0.2) is 40.7 Å². The molecule has 3 aromatic rings. The molecule has 29 heavy (non-hydrogen) atoms. The zero-order chi connectivity index (χ0) is 19.8. The van der Waals surface area contributed by atoms with Gasteiger partial charge in [-0.05, 0) is 42.5 Å². The van der Waals surface area contributed by atoms with Gasteiger partial charge in [-0.2, -0.15) is 5.10 Å². The van der Waals surface area contributed by atoms with E-state index in [-0.39, 0.29) is 22.8 Å². The number of hydrogen-bond acceptors (Lipinski definition) is 5. The molecule has 0 aliphatic carbocycles. The number of aromatic nitrogens is 2. The molecule has 4 heterocycles. The number of nitrogens with one attached hydrogen (secondary N) is 1. The predicted octanol–water partition coefficient (Wildman–Crippen LogP) is 3.20. The second-order valence-corrected chi connectivity index (χ2v) is 8.57. The Hall–Kier alpha value is -2.77. The molecular weight excluding hydrogens is 386 g/mol. The van der Waals surface area contributed by atoms with Crippen LogP contribution in [0.15, 0.2) is 53.3 Å². The van der Waals surface area contributed by atoms with Crippen molar-refractivity contribution in [1.82, 2.24) is 15.1 Å². The molecule has 0 radical (unpaired) electrons. The van der Waals surface area contributed by atoms with Crippen LogP contribution in [0.4, 0.5) is 0 Å². The highest BCUT2D eigenvalue weighted by atomic mass is 32.1. The van der Waals surface area contributed by atoms with E-state index in [1.807, 2.05) is 17.4 Å². The number of nitrogens with zero attached hydrogens (tertiary/aromatic N) is 2. The number of thiophene rings is 1. The molecule has 148 valence electrons. The molecule has 1 fully saturated rings. The lowest BCUT2D eigenvalue weighted by atomic mass is 9.85. The van der Waals surface area contributed by atoms with Crippen molar-refractivity contribution in [2.45, 2.75) is 24.9 Å². The van der Waals surface area contributed by atoms with Crippen molar-refractivity contribution in [1.29, 1.82) is 0 Å². The molecule has 1 amide bonds. The molecule has 2 aliphatic rings. The molecule has 1 spiro atoms. The van der Waals surface area contributed by atoms with Gasteiger partial charge in [0.1, 0.15) is 11.3 Å². The van der Waals surface area contributed by atoms with Gasteiger partial charge in [-0.3, -0.25) is 9.59 Å². The highest BCUT2D eigenvalue weighted by Gasteiger charge is 2.43. The molecule has 1 aromatic carbocycles. The van der Waals surface area contributed by atoms with Crippen molar-refractivity contribution < 1.29 is 9.53 Å². The first-order valence-corrected chi connectivity index (χ1v) is 10.6. The van der Waals surface area contributed by atoms with Gasteiger partial charge in [-0.15, -0.1) is 11.3 Å². The van der Waals surface area contributed by atoms with Crippen LogP contribution >= 0.6 is 11.3 Å². The van der Waals surface area contributed by atoms with Crippen molar-refractivity contribution in [2.24, 2.45) is 0 Å². The first-order chi connectivity index (χ1) is 14.1. The summed E-state index contributed by atoms with van der Waals surface area (Å²) < 4.78 is 6.34.